The van der Waals surface area contributed by atoms with Crippen LogP contribution in [0.3, 0.4) is 0 Å². The van der Waals surface area contributed by atoms with E-state index in [9.17, 15) is 12.8 Å². The highest BCUT2D eigenvalue weighted by Crippen LogP contribution is 2.29. The number of fused-ring (bicyclic) bond motifs is 1. The third-order valence-corrected chi connectivity index (χ3v) is 7.39. The molecule has 4 aromatic rings. The highest BCUT2D eigenvalue weighted by atomic mass is 32.2. The second-order valence-corrected chi connectivity index (χ2v) is 9.20. The molecule has 30 heavy (non-hydrogen) atoms. The average molecular weight is 426 g/mol. The first-order valence-electron chi connectivity index (χ1n) is 9.61. The van der Waals surface area contributed by atoms with Gasteiger partial charge >= 0.3 is 0 Å². The summed E-state index contributed by atoms with van der Waals surface area (Å²) in [4.78, 5) is 11.8. The summed E-state index contributed by atoms with van der Waals surface area (Å²) in [5.41, 5.74) is 2.47. The number of halogens is 1. The number of H-pyrrole nitrogens is 1. The third-order valence-electron chi connectivity index (χ3n) is 5.48. The zero-order chi connectivity index (χ0) is 20.7. The maximum Gasteiger partial charge on any atom is 0.243 e. The number of hydrogen-bond acceptors (Lipinski definition) is 5. The molecule has 5 rings (SSSR count). The van der Waals surface area contributed by atoms with Crippen LogP contribution in [0.4, 0.5) is 4.39 Å². The molecule has 0 aliphatic carbocycles. The molecule has 0 saturated carbocycles. The molecule has 3 aromatic heterocycles. The molecule has 1 fully saturated rings. The van der Waals surface area contributed by atoms with Crippen molar-refractivity contribution in [2.24, 2.45) is 0 Å². The molecule has 0 spiro atoms. The van der Waals surface area contributed by atoms with Crippen LogP contribution in [-0.4, -0.2) is 50.5 Å². The van der Waals surface area contributed by atoms with Gasteiger partial charge in [-0.2, -0.15) is 9.40 Å². The Kier molecular flexibility index (Phi) is 4.59. The minimum atomic E-state index is -3.62. The van der Waals surface area contributed by atoms with Crippen LogP contribution in [0.25, 0.3) is 22.3 Å². The summed E-state index contributed by atoms with van der Waals surface area (Å²) in [6.45, 7) is 0.768. The molecule has 0 atom stereocenters. The number of benzene rings is 1. The fourth-order valence-corrected chi connectivity index (χ4v) is 5.33. The van der Waals surface area contributed by atoms with E-state index in [4.69, 9.17) is 0 Å². The van der Waals surface area contributed by atoms with Gasteiger partial charge < -0.3 is 4.98 Å². The summed E-state index contributed by atoms with van der Waals surface area (Å²) in [6.07, 6.45) is 8.35. The van der Waals surface area contributed by atoms with Gasteiger partial charge in [0.1, 0.15) is 17.8 Å². The van der Waals surface area contributed by atoms with Gasteiger partial charge in [-0.25, -0.2) is 22.8 Å². The number of nitrogens with zero attached hydrogens (tertiary/aromatic N) is 5. The average Bonchev–Trinajstić information content (AvgIpc) is 3.44. The summed E-state index contributed by atoms with van der Waals surface area (Å²) in [7, 11) is -3.62. The Balaban J connectivity index is 1.32. The van der Waals surface area contributed by atoms with Crippen molar-refractivity contribution in [3.05, 3.63) is 61.1 Å². The lowest BCUT2D eigenvalue weighted by molar-refractivity contribution is 0.261. The highest BCUT2D eigenvalue weighted by molar-refractivity contribution is 7.89. The molecule has 1 saturated heterocycles. The van der Waals surface area contributed by atoms with E-state index in [1.165, 1.54) is 34.9 Å². The van der Waals surface area contributed by atoms with Crippen molar-refractivity contribution >= 4 is 21.1 Å². The first-order chi connectivity index (χ1) is 14.5. The lowest BCUT2D eigenvalue weighted by Gasteiger charge is -2.31. The van der Waals surface area contributed by atoms with Crippen LogP contribution in [0.15, 0.2) is 60.1 Å². The molecule has 8 nitrogen and oxygen atoms in total. The van der Waals surface area contributed by atoms with Crippen molar-refractivity contribution in [1.82, 2.24) is 29.0 Å². The summed E-state index contributed by atoms with van der Waals surface area (Å²) >= 11 is 0. The summed E-state index contributed by atoms with van der Waals surface area (Å²) in [5, 5.41) is 5.43. The second-order valence-electron chi connectivity index (χ2n) is 7.26. The third kappa shape index (κ3) is 3.27. The van der Waals surface area contributed by atoms with Crippen LogP contribution in [-0.2, 0) is 10.0 Å². The van der Waals surface area contributed by atoms with Crippen LogP contribution in [0.1, 0.15) is 18.9 Å². The van der Waals surface area contributed by atoms with Crippen molar-refractivity contribution in [3.8, 4) is 11.3 Å². The molecular weight excluding hydrogens is 407 g/mol. The first-order valence-corrected chi connectivity index (χ1v) is 11.0. The summed E-state index contributed by atoms with van der Waals surface area (Å²) in [5.74, 6) is -0.456. The van der Waals surface area contributed by atoms with Crippen LogP contribution in [0, 0.1) is 5.82 Å². The van der Waals surface area contributed by atoms with Crippen molar-refractivity contribution in [3.63, 3.8) is 0 Å². The van der Waals surface area contributed by atoms with E-state index < -0.39 is 15.8 Å². The Labute approximate surface area is 172 Å². The first kappa shape index (κ1) is 18.9. The van der Waals surface area contributed by atoms with Gasteiger partial charge in [-0.1, -0.05) is 0 Å². The van der Waals surface area contributed by atoms with Crippen LogP contribution in [0.2, 0.25) is 0 Å². The number of nitrogens with one attached hydrogen (secondary N) is 1. The van der Waals surface area contributed by atoms with E-state index >= 15 is 0 Å². The minimum Gasteiger partial charge on any atom is -0.346 e. The van der Waals surface area contributed by atoms with Gasteiger partial charge in [0.15, 0.2) is 0 Å². The normalized spacial score (nSPS) is 16.3. The van der Waals surface area contributed by atoms with Gasteiger partial charge in [0.25, 0.3) is 0 Å². The molecule has 1 aliphatic heterocycles. The van der Waals surface area contributed by atoms with E-state index in [-0.39, 0.29) is 10.9 Å². The Morgan fingerprint density at radius 3 is 2.60 bits per heavy atom. The Bertz CT molecular complexity index is 1290. The molecule has 1 aromatic carbocycles. The molecule has 0 bridgehead atoms. The summed E-state index contributed by atoms with van der Waals surface area (Å²) in [6, 6.07) is 6.97. The Morgan fingerprint density at radius 1 is 1.07 bits per heavy atom. The van der Waals surface area contributed by atoms with Crippen molar-refractivity contribution < 1.29 is 12.8 Å². The Morgan fingerprint density at radius 2 is 1.83 bits per heavy atom. The van der Waals surface area contributed by atoms with E-state index in [1.54, 1.807) is 6.20 Å². The van der Waals surface area contributed by atoms with Crippen molar-refractivity contribution in [1.29, 1.82) is 0 Å². The van der Waals surface area contributed by atoms with Gasteiger partial charge in [-0.05, 0) is 43.2 Å². The van der Waals surface area contributed by atoms with Crippen LogP contribution in [0.5, 0.6) is 0 Å². The standard InChI is InChI=1S/C20H19FN6O2S/c21-15-1-3-17(4-2-15)30(28,29)26-9-6-16(7-10-26)27-12-14(11-25-27)19-18-5-8-22-20(18)24-13-23-19/h1-5,8,11-13,16H,6-7,9-10H2,(H,22,23,24). The van der Waals surface area contributed by atoms with Crippen molar-refractivity contribution in [2.45, 2.75) is 23.8 Å². The van der Waals surface area contributed by atoms with Crippen molar-refractivity contribution in [2.75, 3.05) is 13.1 Å². The number of rotatable bonds is 4. The Hall–Kier alpha value is -3.11. The van der Waals surface area contributed by atoms with Gasteiger partial charge in [0.05, 0.1) is 22.8 Å². The zero-order valence-corrected chi connectivity index (χ0v) is 16.8. The van der Waals surface area contributed by atoms with E-state index in [0.29, 0.717) is 25.9 Å². The molecule has 154 valence electrons. The molecule has 0 amide bonds. The smallest absolute Gasteiger partial charge is 0.243 e. The molecule has 0 radical (unpaired) electrons. The lowest BCUT2D eigenvalue weighted by Crippen LogP contribution is -2.39. The maximum absolute atomic E-state index is 13.1. The van der Waals surface area contributed by atoms with Crippen LogP contribution < -0.4 is 0 Å². The van der Waals surface area contributed by atoms with Crippen LogP contribution >= 0.6 is 0 Å². The quantitative estimate of drug-likeness (QED) is 0.541. The fraction of sp³-hybridized carbons (Fsp3) is 0.250. The number of aromatic amines is 1. The van der Waals surface area contributed by atoms with Gasteiger partial charge in [0.2, 0.25) is 10.0 Å². The van der Waals surface area contributed by atoms with E-state index in [1.807, 2.05) is 23.1 Å². The largest absolute Gasteiger partial charge is 0.346 e. The molecule has 4 heterocycles. The number of hydrogen-bond donors (Lipinski definition) is 1. The topological polar surface area (TPSA) is 96.8 Å². The van der Waals surface area contributed by atoms with E-state index in [2.05, 4.69) is 20.1 Å². The number of piperidine rings is 1. The second kappa shape index (κ2) is 7.29. The number of aromatic nitrogens is 5. The predicted octanol–water partition coefficient (Wildman–Crippen LogP) is 2.99. The molecular formula is C20H19FN6O2S. The van der Waals surface area contributed by atoms with Gasteiger partial charge in [-0.3, -0.25) is 4.68 Å². The SMILES string of the molecule is O=S(=O)(c1ccc(F)cc1)N1CCC(n2cc(-c3ncnc4[nH]ccc34)cn2)CC1. The maximum atomic E-state index is 13.1. The monoisotopic (exact) mass is 426 g/mol. The zero-order valence-electron chi connectivity index (χ0n) is 15.9. The fourth-order valence-electron chi connectivity index (χ4n) is 3.87. The van der Waals surface area contributed by atoms with E-state index in [0.717, 1.165) is 22.3 Å². The summed E-state index contributed by atoms with van der Waals surface area (Å²) < 4.78 is 42.0. The molecule has 10 heteroatoms. The molecule has 1 N–H and O–H groups in total. The van der Waals surface area contributed by atoms with Gasteiger partial charge in [-0.15, -0.1) is 0 Å². The number of sulfonamides is 1. The lowest BCUT2D eigenvalue weighted by atomic mass is 10.1. The molecule has 0 unspecified atom stereocenters. The highest BCUT2D eigenvalue weighted by Gasteiger charge is 2.30. The van der Waals surface area contributed by atoms with Gasteiger partial charge in [0, 0.05) is 36.4 Å². The molecule has 1 aliphatic rings. The minimum absolute atomic E-state index is 0.0990. The predicted molar refractivity (Wildman–Crippen MR) is 109 cm³/mol.